The summed E-state index contributed by atoms with van der Waals surface area (Å²) in [4.78, 5) is 11.9. The van der Waals surface area contributed by atoms with E-state index >= 15 is 0 Å². The highest BCUT2D eigenvalue weighted by Crippen LogP contribution is 2.17. The van der Waals surface area contributed by atoms with Crippen molar-refractivity contribution in [2.75, 3.05) is 13.2 Å². The Balaban J connectivity index is 2.42. The molecule has 1 rings (SSSR count). The van der Waals surface area contributed by atoms with Crippen molar-refractivity contribution in [2.45, 2.75) is 59.3 Å². The minimum absolute atomic E-state index is 0.00520. The number of carbonyl (C=O) groups excluding carboxylic acids is 1. The maximum atomic E-state index is 11.9. The van der Waals surface area contributed by atoms with Crippen molar-refractivity contribution in [1.82, 2.24) is 5.32 Å². The van der Waals surface area contributed by atoms with E-state index in [1.807, 2.05) is 24.3 Å². The van der Waals surface area contributed by atoms with Crippen LogP contribution in [0.3, 0.4) is 0 Å². The minimum atomic E-state index is -0.00520. The van der Waals surface area contributed by atoms with E-state index in [0.29, 0.717) is 11.5 Å². The normalized spacial score (nSPS) is 12.0. The van der Waals surface area contributed by atoms with Crippen molar-refractivity contribution in [1.29, 1.82) is 0 Å². The Kier molecular flexibility index (Phi) is 9.36. The van der Waals surface area contributed by atoms with Crippen LogP contribution in [0.1, 0.15) is 69.7 Å². The second kappa shape index (κ2) is 11.1. The van der Waals surface area contributed by atoms with Crippen molar-refractivity contribution in [3.05, 3.63) is 29.8 Å². The van der Waals surface area contributed by atoms with E-state index in [1.54, 1.807) is 0 Å². The van der Waals surface area contributed by atoms with Crippen LogP contribution in [0.15, 0.2) is 24.3 Å². The molecule has 0 saturated carbocycles. The predicted octanol–water partition coefficient (Wildman–Crippen LogP) is 4.81. The molecular weight excluding hydrogens is 274 g/mol. The number of hydrogen-bond donors (Lipinski definition) is 1. The number of carbonyl (C=O) groups is 1. The molecule has 0 bridgehead atoms. The molecule has 1 aromatic carbocycles. The van der Waals surface area contributed by atoms with Crippen LogP contribution in [-0.4, -0.2) is 19.1 Å². The quantitative estimate of drug-likeness (QED) is 0.596. The van der Waals surface area contributed by atoms with Crippen molar-refractivity contribution in [3.63, 3.8) is 0 Å². The SMILES string of the molecule is CCCCNC(=O)c1ccc(OCC(CC)CCCC)cc1. The van der Waals surface area contributed by atoms with E-state index in [1.165, 1.54) is 19.3 Å². The third-order valence-electron chi connectivity index (χ3n) is 3.96. The zero-order chi connectivity index (χ0) is 16.2. The largest absolute Gasteiger partial charge is 0.493 e. The van der Waals surface area contributed by atoms with E-state index in [9.17, 15) is 4.79 Å². The van der Waals surface area contributed by atoms with Crippen LogP contribution < -0.4 is 10.1 Å². The number of hydrogen-bond acceptors (Lipinski definition) is 2. The monoisotopic (exact) mass is 305 g/mol. The molecule has 0 radical (unpaired) electrons. The molecule has 124 valence electrons. The van der Waals surface area contributed by atoms with Crippen LogP contribution in [0.4, 0.5) is 0 Å². The number of amides is 1. The topological polar surface area (TPSA) is 38.3 Å². The molecule has 1 amide bonds. The van der Waals surface area contributed by atoms with Gasteiger partial charge >= 0.3 is 0 Å². The fourth-order valence-electron chi connectivity index (χ4n) is 2.30. The summed E-state index contributed by atoms with van der Waals surface area (Å²) in [5.41, 5.74) is 0.696. The van der Waals surface area contributed by atoms with Gasteiger partial charge in [-0.15, -0.1) is 0 Å². The lowest BCUT2D eigenvalue weighted by Gasteiger charge is -2.15. The molecule has 0 aliphatic carbocycles. The van der Waals surface area contributed by atoms with E-state index in [0.717, 1.165) is 38.2 Å². The van der Waals surface area contributed by atoms with Gasteiger partial charge in [0.05, 0.1) is 6.61 Å². The molecule has 3 heteroatoms. The Hall–Kier alpha value is -1.51. The summed E-state index contributed by atoms with van der Waals surface area (Å²) in [6, 6.07) is 7.45. The Morgan fingerprint density at radius 3 is 2.36 bits per heavy atom. The third-order valence-corrected chi connectivity index (χ3v) is 3.96. The highest BCUT2D eigenvalue weighted by Gasteiger charge is 2.08. The molecule has 0 heterocycles. The molecule has 1 aromatic rings. The maximum absolute atomic E-state index is 11.9. The molecule has 0 spiro atoms. The van der Waals surface area contributed by atoms with E-state index in [-0.39, 0.29) is 5.91 Å². The molecule has 1 atom stereocenters. The highest BCUT2D eigenvalue weighted by atomic mass is 16.5. The molecule has 0 saturated heterocycles. The Bertz CT molecular complexity index is 414. The first-order chi connectivity index (χ1) is 10.7. The Morgan fingerprint density at radius 2 is 1.77 bits per heavy atom. The fourth-order valence-corrected chi connectivity index (χ4v) is 2.30. The van der Waals surface area contributed by atoms with Crippen LogP contribution in [0.25, 0.3) is 0 Å². The summed E-state index contributed by atoms with van der Waals surface area (Å²) in [6.07, 6.45) is 6.98. The van der Waals surface area contributed by atoms with Gasteiger partial charge in [-0.25, -0.2) is 0 Å². The van der Waals surface area contributed by atoms with Gasteiger partial charge in [0.15, 0.2) is 0 Å². The first-order valence-electron chi connectivity index (χ1n) is 8.72. The van der Waals surface area contributed by atoms with Gasteiger partial charge in [0.1, 0.15) is 5.75 Å². The van der Waals surface area contributed by atoms with Crippen LogP contribution >= 0.6 is 0 Å². The van der Waals surface area contributed by atoms with Gasteiger partial charge in [-0.2, -0.15) is 0 Å². The van der Waals surface area contributed by atoms with E-state index < -0.39 is 0 Å². The average Bonchev–Trinajstić information content (AvgIpc) is 2.55. The summed E-state index contributed by atoms with van der Waals surface area (Å²) in [5, 5.41) is 2.92. The van der Waals surface area contributed by atoms with Crippen LogP contribution in [0, 0.1) is 5.92 Å². The smallest absolute Gasteiger partial charge is 0.251 e. The molecule has 22 heavy (non-hydrogen) atoms. The molecule has 0 aliphatic heterocycles. The minimum Gasteiger partial charge on any atom is -0.493 e. The first kappa shape index (κ1) is 18.5. The number of benzene rings is 1. The summed E-state index contributed by atoms with van der Waals surface area (Å²) in [7, 11) is 0. The molecule has 0 aromatic heterocycles. The van der Waals surface area contributed by atoms with Gasteiger partial charge < -0.3 is 10.1 Å². The highest BCUT2D eigenvalue weighted by molar-refractivity contribution is 5.94. The van der Waals surface area contributed by atoms with Crippen molar-refractivity contribution >= 4 is 5.91 Å². The fraction of sp³-hybridized carbons (Fsp3) is 0.632. The zero-order valence-electron chi connectivity index (χ0n) is 14.4. The summed E-state index contributed by atoms with van der Waals surface area (Å²) in [6.45, 7) is 8.05. The van der Waals surface area contributed by atoms with Crippen LogP contribution in [-0.2, 0) is 0 Å². The zero-order valence-corrected chi connectivity index (χ0v) is 14.4. The lowest BCUT2D eigenvalue weighted by atomic mass is 10.0. The molecule has 3 nitrogen and oxygen atoms in total. The van der Waals surface area contributed by atoms with Gasteiger partial charge in [-0.3, -0.25) is 4.79 Å². The second-order valence-corrected chi connectivity index (χ2v) is 5.86. The Morgan fingerprint density at radius 1 is 1.09 bits per heavy atom. The summed E-state index contributed by atoms with van der Waals surface area (Å²) in [5.74, 6) is 1.46. The maximum Gasteiger partial charge on any atom is 0.251 e. The van der Waals surface area contributed by atoms with Crippen molar-refractivity contribution in [2.24, 2.45) is 5.92 Å². The molecular formula is C19H31NO2. The van der Waals surface area contributed by atoms with Gasteiger partial charge in [0, 0.05) is 12.1 Å². The van der Waals surface area contributed by atoms with Crippen LogP contribution in [0.2, 0.25) is 0 Å². The predicted molar refractivity (Wildman–Crippen MR) is 92.5 cm³/mol. The Labute approximate surface area is 135 Å². The van der Waals surface area contributed by atoms with Gasteiger partial charge in [-0.05, 0) is 43.0 Å². The number of nitrogens with one attached hydrogen (secondary N) is 1. The summed E-state index contributed by atoms with van der Waals surface area (Å²) >= 11 is 0. The molecule has 0 aliphatic rings. The molecule has 0 fully saturated rings. The van der Waals surface area contributed by atoms with Crippen molar-refractivity contribution in [3.8, 4) is 5.75 Å². The third kappa shape index (κ3) is 6.97. The lowest BCUT2D eigenvalue weighted by molar-refractivity contribution is 0.0953. The summed E-state index contributed by atoms with van der Waals surface area (Å²) < 4.78 is 5.86. The molecule has 1 N–H and O–H groups in total. The van der Waals surface area contributed by atoms with E-state index in [4.69, 9.17) is 4.74 Å². The average molecular weight is 305 g/mol. The second-order valence-electron chi connectivity index (χ2n) is 5.86. The number of rotatable bonds is 11. The van der Waals surface area contributed by atoms with E-state index in [2.05, 4.69) is 26.1 Å². The lowest BCUT2D eigenvalue weighted by Crippen LogP contribution is -2.24. The van der Waals surface area contributed by atoms with Gasteiger partial charge in [0.2, 0.25) is 0 Å². The van der Waals surface area contributed by atoms with Crippen molar-refractivity contribution < 1.29 is 9.53 Å². The van der Waals surface area contributed by atoms with Crippen LogP contribution in [0.5, 0.6) is 5.75 Å². The molecule has 1 unspecified atom stereocenters. The standard InChI is InChI=1S/C19H31NO2/c1-4-7-9-16(6-3)15-22-18-12-10-17(11-13-18)19(21)20-14-8-5-2/h10-13,16H,4-9,14-15H2,1-3H3,(H,20,21). The number of ether oxygens (including phenoxy) is 1. The number of unbranched alkanes of at least 4 members (excludes halogenated alkanes) is 2. The van der Waals surface area contributed by atoms with Gasteiger partial charge in [0.25, 0.3) is 5.91 Å². The van der Waals surface area contributed by atoms with Gasteiger partial charge in [-0.1, -0.05) is 46.5 Å². The first-order valence-corrected chi connectivity index (χ1v) is 8.72.